The van der Waals surface area contributed by atoms with Gasteiger partial charge >= 0.3 is 5.97 Å². The van der Waals surface area contributed by atoms with Gasteiger partial charge in [-0.2, -0.15) is 0 Å². The summed E-state index contributed by atoms with van der Waals surface area (Å²) in [5, 5.41) is 0.557. The van der Waals surface area contributed by atoms with E-state index >= 15 is 0 Å². The van der Waals surface area contributed by atoms with E-state index in [1.165, 1.54) is 39.2 Å². The lowest BCUT2D eigenvalue weighted by Crippen LogP contribution is -2.29. The predicted molar refractivity (Wildman–Crippen MR) is 164 cm³/mol. The lowest BCUT2D eigenvalue weighted by Gasteiger charge is -2.21. The predicted octanol–water partition coefficient (Wildman–Crippen LogP) is 4.42. The third-order valence-corrected chi connectivity index (χ3v) is 6.74. The van der Waals surface area contributed by atoms with Crippen molar-refractivity contribution in [2.75, 3.05) is 28.4 Å². The first-order valence-electron chi connectivity index (χ1n) is 13.1. The summed E-state index contributed by atoms with van der Waals surface area (Å²) in [4.78, 5) is 44.9. The van der Waals surface area contributed by atoms with E-state index in [0.29, 0.717) is 39.6 Å². The van der Waals surface area contributed by atoms with Crippen molar-refractivity contribution in [3.8, 4) is 34.3 Å². The minimum Gasteiger partial charge on any atom is -0.493 e. The summed E-state index contributed by atoms with van der Waals surface area (Å²) < 4.78 is 29.3. The number of ether oxygens (including phenoxy) is 5. The largest absolute Gasteiger partial charge is 0.493 e. The molecule has 0 aliphatic rings. The first-order valence-corrected chi connectivity index (χ1v) is 13.1. The van der Waals surface area contributed by atoms with Crippen LogP contribution in [0.15, 0.2) is 66.0 Å². The number of carbonyl (C=O) groups is 1. The molecule has 0 saturated carbocycles. The fraction of sp³-hybridized carbons (Fsp3) is 0.226. The molecule has 1 aromatic carbocycles. The van der Waals surface area contributed by atoms with Gasteiger partial charge in [-0.15, -0.1) is 12.4 Å². The first-order chi connectivity index (χ1) is 20.9. The van der Waals surface area contributed by atoms with Crippen LogP contribution in [-0.4, -0.2) is 58.9 Å². The van der Waals surface area contributed by atoms with E-state index in [2.05, 4.69) is 19.9 Å². The van der Waals surface area contributed by atoms with E-state index in [9.17, 15) is 9.59 Å². The van der Waals surface area contributed by atoms with Crippen LogP contribution in [0.2, 0.25) is 0 Å². The second-order valence-electron chi connectivity index (χ2n) is 9.32. The van der Waals surface area contributed by atoms with Crippen molar-refractivity contribution in [2.45, 2.75) is 20.1 Å². The quantitative estimate of drug-likeness (QED) is 0.205. The Kier molecular flexibility index (Phi) is 9.96. The van der Waals surface area contributed by atoms with Crippen molar-refractivity contribution < 1.29 is 28.5 Å². The summed E-state index contributed by atoms with van der Waals surface area (Å²) in [6.45, 7) is 1.85. The summed E-state index contributed by atoms with van der Waals surface area (Å²) in [6.07, 6.45) is 6.33. The van der Waals surface area contributed by atoms with Crippen LogP contribution >= 0.6 is 12.4 Å². The summed E-state index contributed by atoms with van der Waals surface area (Å²) in [5.74, 6) is 0.826. The topological polar surface area (TPSA) is 137 Å². The van der Waals surface area contributed by atoms with Crippen LogP contribution in [0.3, 0.4) is 0 Å². The van der Waals surface area contributed by atoms with Crippen molar-refractivity contribution in [3.05, 3.63) is 94.3 Å². The minimum atomic E-state index is -0.717. The van der Waals surface area contributed by atoms with Crippen molar-refractivity contribution in [1.29, 1.82) is 0 Å². The zero-order valence-corrected chi connectivity index (χ0v) is 25.5. The maximum Gasteiger partial charge on any atom is 0.355 e. The summed E-state index contributed by atoms with van der Waals surface area (Å²) in [5.41, 5.74) is 1.91. The van der Waals surface area contributed by atoms with Crippen LogP contribution in [0.4, 0.5) is 0 Å². The van der Waals surface area contributed by atoms with Gasteiger partial charge in [-0.3, -0.25) is 14.3 Å². The molecule has 0 unspecified atom stereocenters. The molecule has 228 valence electrons. The van der Waals surface area contributed by atoms with E-state index in [1.54, 1.807) is 48.9 Å². The van der Waals surface area contributed by atoms with Crippen LogP contribution in [0.5, 0.6) is 23.1 Å². The average Bonchev–Trinajstić information content (AvgIpc) is 3.04. The molecule has 12 nitrogen and oxygen atoms in total. The molecular weight excluding hydrogens is 590 g/mol. The first kappa shape index (κ1) is 31.7. The number of esters is 1. The number of rotatable bonds is 10. The number of pyridine rings is 3. The average molecular weight is 620 g/mol. The number of methoxy groups -OCH3 is 4. The fourth-order valence-corrected chi connectivity index (χ4v) is 4.87. The monoisotopic (exact) mass is 619 g/mol. The van der Waals surface area contributed by atoms with Crippen molar-refractivity contribution in [3.63, 3.8) is 0 Å². The zero-order valence-electron chi connectivity index (χ0n) is 24.7. The molecule has 0 N–H and O–H groups in total. The highest BCUT2D eigenvalue weighted by Gasteiger charge is 2.28. The molecule has 13 heteroatoms. The Labute approximate surface area is 259 Å². The third kappa shape index (κ3) is 6.11. The van der Waals surface area contributed by atoms with Gasteiger partial charge in [0.1, 0.15) is 17.7 Å². The lowest BCUT2D eigenvalue weighted by molar-refractivity contribution is 0.0588. The molecule has 44 heavy (non-hydrogen) atoms. The number of aromatic nitrogens is 5. The molecule has 0 aliphatic carbocycles. The maximum absolute atomic E-state index is 14.3. The number of fused-ring (bicyclic) bond motifs is 1. The number of benzene rings is 1. The van der Waals surface area contributed by atoms with E-state index in [-0.39, 0.29) is 42.5 Å². The number of halogens is 1. The summed E-state index contributed by atoms with van der Waals surface area (Å²) >= 11 is 0. The van der Waals surface area contributed by atoms with Crippen LogP contribution < -0.4 is 24.5 Å². The molecule has 5 aromatic rings. The van der Waals surface area contributed by atoms with Crippen LogP contribution in [0.1, 0.15) is 27.6 Å². The SMILES string of the molecule is COC(=O)c1c(-c2cc(OC)c(OC)c(OC)c2)c2ccnc(OCc3ncccn3)c2c(=O)n1Cc1ccnc(C)c1.Cl. The van der Waals surface area contributed by atoms with Crippen molar-refractivity contribution in [2.24, 2.45) is 0 Å². The normalized spacial score (nSPS) is 10.6. The molecule has 5 rings (SSSR count). The van der Waals surface area contributed by atoms with Gasteiger partial charge in [0.2, 0.25) is 11.6 Å². The van der Waals surface area contributed by atoms with Crippen LogP contribution in [0.25, 0.3) is 21.9 Å². The van der Waals surface area contributed by atoms with Gasteiger partial charge in [-0.25, -0.2) is 19.7 Å². The molecule has 0 saturated heterocycles. The summed E-state index contributed by atoms with van der Waals surface area (Å²) in [7, 11) is 5.75. The standard InChI is InChI=1S/C31H29N5O7.ClH/c1-18-13-19(7-11-32-18)16-36-27(31(38)42-5)25(20-14-22(39-2)28(41-4)23(15-20)40-3)21-8-12-35-29(26(21)30(36)37)43-17-24-33-9-6-10-34-24;/h6-15H,16-17H2,1-5H3;1H. The highest BCUT2D eigenvalue weighted by atomic mass is 35.5. The Balaban J connectivity index is 0.00000442. The molecular formula is C31H30ClN5O7. The van der Waals surface area contributed by atoms with Gasteiger partial charge in [-0.05, 0) is 54.4 Å². The number of carbonyl (C=O) groups excluding carboxylic acids is 1. The number of aryl methyl sites for hydroxylation is 1. The Morgan fingerprint density at radius 2 is 1.55 bits per heavy atom. The van der Waals surface area contributed by atoms with Gasteiger partial charge in [0.25, 0.3) is 5.56 Å². The van der Waals surface area contributed by atoms with E-state index in [1.807, 2.05) is 13.0 Å². The van der Waals surface area contributed by atoms with Gasteiger partial charge < -0.3 is 23.7 Å². The fourth-order valence-electron chi connectivity index (χ4n) is 4.87. The van der Waals surface area contributed by atoms with Gasteiger partial charge in [-0.1, -0.05) is 0 Å². The Bertz CT molecular complexity index is 1840. The second-order valence-corrected chi connectivity index (χ2v) is 9.32. The zero-order chi connectivity index (χ0) is 30.5. The number of hydrogen-bond donors (Lipinski definition) is 0. The van der Waals surface area contributed by atoms with Crippen molar-refractivity contribution >= 4 is 29.1 Å². The molecule has 0 atom stereocenters. The van der Waals surface area contributed by atoms with Gasteiger partial charge in [0.05, 0.1) is 35.0 Å². The molecule has 0 spiro atoms. The molecule has 0 bridgehead atoms. The third-order valence-electron chi connectivity index (χ3n) is 6.74. The Hall–Kier alpha value is -5.23. The molecule has 4 aromatic heterocycles. The highest BCUT2D eigenvalue weighted by Crippen LogP contribution is 2.44. The Morgan fingerprint density at radius 1 is 0.864 bits per heavy atom. The molecule has 0 amide bonds. The molecule has 0 radical (unpaired) electrons. The van der Waals surface area contributed by atoms with E-state index in [4.69, 9.17) is 23.7 Å². The Morgan fingerprint density at radius 3 is 2.16 bits per heavy atom. The van der Waals surface area contributed by atoms with Crippen molar-refractivity contribution in [1.82, 2.24) is 24.5 Å². The van der Waals surface area contributed by atoms with Gasteiger partial charge in [0.15, 0.2) is 17.3 Å². The van der Waals surface area contributed by atoms with E-state index < -0.39 is 11.5 Å². The maximum atomic E-state index is 14.3. The van der Waals surface area contributed by atoms with Crippen LogP contribution in [0, 0.1) is 6.92 Å². The minimum absolute atomic E-state index is 0. The summed E-state index contributed by atoms with van der Waals surface area (Å²) in [6, 6.07) is 10.4. The smallest absolute Gasteiger partial charge is 0.355 e. The highest BCUT2D eigenvalue weighted by molar-refractivity contribution is 6.08. The second kappa shape index (κ2) is 13.8. The molecule has 0 fully saturated rings. The number of hydrogen-bond acceptors (Lipinski definition) is 11. The number of nitrogens with zero attached hydrogens (tertiary/aromatic N) is 5. The van der Waals surface area contributed by atoms with Gasteiger partial charge in [0, 0.05) is 41.4 Å². The molecule has 0 aliphatic heterocycles. The lowest BCUT2D eigenvalue weighted by atomic mass is 9.96. The van der Waals surface area contributed by atoms with Crippen LogP contribution in [-0.2, 0) is 17.9 Å². The van der Waals surface area contributed by atoms with E-state index in [0.717, 1.165) is 11.3 Å². The molecule has 4 heterocycles.